The Morgan fingerprint density at radius 1 is 0.667 bits per heavy atom. The molecule has 94 valence electrons. The molecule has 0 heterocycles. The zero-order valence-corrected chi connectivity index (χ0v) is 11.4. The van der Waals surface area contributed by atoms with Gasteiger partial charge in [-0.1, -0.05) is 48.5 Å². The van der Waals surface area contributed by atoms with Crippen LogP contribution in [0.15, 0.2) is 58.3 Å². The van der Waals surface area contributed by atoms with Crippen LogP contribution in [0.25, 0.3) is 10.6 Å². The lowest BCUT2D eigenvalue weighted by Crippen LogP contribution is -1.90. The van der Waals surface area contributed by atoms with Crippen molar-refractivity contribution >= 4 is 36.6 Å². The first-order chi connectivity index (χ1) is 8.77. The highest BCUT2D eigenvalue weighted by molar-refractivity contribution is 7.59. The van der Waals surface area contributed by atoms with Gasteiger partial charge in [0.15, 0.2) is 0 Å². The summed E-state index contributed by atoms with van der Waals surface area (Å²) in [6, 6.07) is 15.3. The highest BCUT2D eigenvalue weighted by Crippen LogP contribution is 2.25. The lowest BCUT2D eigenvalue weighted by atomic mass is 10.3. The van der Waals surface area contributed by atoms with E-state index in [0.717, 1.165) is 21.2 Å². The minimum atomic E-state index is 0.622. The molecular formula is C14H12N2S2-4. The fraction of sp³-hybridized carbons (Fsp3) is 0.143. The Bertz CT molecular complexity index is 467. The Morgan fingerprint density at radius 3 is 1.44 bits per heavy atom. The van der Waals surface area contributed by atoms with Gasteiger partial charge in [0.1, 0.15) is 0 Å². The highest BCUT2D eigenvalue weighted by Gasteiger charge is 1.79. The van der Waals surface area contributed by atoms with E-state index < -0.39 is 0 Å². The molecule has 0 saturated heterocycles. The molecule has 0 fully saturated rings. The molecule has 0 N–H and O–H groups in total. The minimum absolute atomic E-state index is 0.622. The number of benzene rings is 2. The van der Waals surface area contributed by atoms with Crippen molar-refractivity contribution in [1.82, 2.24) is 0 Å². The smallest absolute Gasteiger partial charge is 0.0636 e. The molecule has 0 bridgehead atoms. The Morgan fingerprint density at radius 2 is 1.06 bits per heavy atom. The van der Waals surface area contributed by atoms with Crippen LogP contribution in [0.4, 0.5) is 11.4 Å². The molecule has 0 atom stereocenters. The first-order valence-corrected chi connectivity index (χ1v) is 6.46. The van der Waals surface area contributed by atoms with Crippen LogP contribution in [0, 0.1) is 0 Å². The molecule has 0 radical (unpaired) electrons. The second-order valence-electron chi connectivity index (χ2n) is 3.70. The maximum Gasteiger partial charge on any atom is -0.0636 e. The molecule has 18 heavy (non-hydrogen) atoms. The van der Waals surface area contributed by atoms with E-state index in [1.54, 1.807) is 0 Å². The molecule has 2 aromatic carbocycles. The third-order valence-electron chi connectivity index (χ3n) is 2.39. The largest absolute Gasteiger partial charge is 0.781 e. The normalized spacial score (nSPS) is 10.0. The summed E-state index contributed by atoms with van der Waals surface area (Å²) in [6.07, 6.45) is 0. The quantitative estimate of drug-likeness (QED) is 0.602. The van der Waals surface area contributed by atoms with E-state index in [1.807, 2.05) is 48.5 Å². The molecule has 0 aromatic heterocycles. The van der Waals surface area contributed by atoms with Crippen LogP contribution in [-0.4, -0.2) is 13.1 Å². The summed E-state index contributed by atoms with van der Waals surface area (Å²) < 4.78 is 0. The molecule has 4 heteroatoms. The number of hydrogen-bond acceptors (Lipinski definition) is 2. The molecule has 0 unspecified atom stereocenters. The number of hydrogen-bond donors (Lipinski definition) is 0. The van der Waals surface area contributed by atoms with E-state index in [1.165, 1.54) is 0 Å². The van der Waals surface area contributed by atoms with Gasteiger partial charge in [-0.15, -0.1) is 13.1 Å². The van der Waals surface area contributed by atoms with Gasteiger partial charge in [-0.05, 0) is 0 Å². The van der Waals surface area contributed by atoms with Crippen molar-refractivity contribution in [2.75, 3.05) is 13.1 Å². The molecule has 0 aliphatic carbocycles. The third-order valence-corrected chi connectivity index (χ3v) is 3.09. The fourth-order valence-electron chi connectivity index (χ4n) is 1.52. The second-order valence-corrected chi connectivity index (χ2v) is 4.58. The third kappa shape index (κ3) is 3.48. The summed E-state index contributed by atoms with van der Waals surface area (Å²) in [5.41, 5.74) is 1.71. The molecule has 0 saturated carbocycles. The summed E-state index contributed by atoms with van der Waals surface area (Å²) >= 11 is 10.3. The fourth-order valence-corrected chi connectivity index (χ4v) is 1.94. The van der Waals surface area contributed by atoms with E-state index >= 15 is 0 Å². The zero-order chi connectivity index (χ0) is 12.8. The van der Waals surface area contributed by atoms with Gasteiger partial charge in [0.2, 0.25) is 0 Å². The van der Waals surface area contributed by atoms with Crippen LogP contribution in [0.3, 0.4) is 0 Å². The van der Waals surface area contributed by atoms with Crippen LogP contribution in [-0.2, 0) is 25.3 Å². The van der Waals surface area contributed by atoms with Crippen molar-refractivity contribution in [2.24, 2.45) is 0 Å². The van der Waals surface area contributed by atoms with Crippen LogP contribution >= 0.6 is 0 Å². The Kier molecular flexibility index (Phi) is 4.61. The molecular weight excluding hydrogens is 260 g/mol. The van der Waals surface area contributed by atoms with Gasteiger partial charge in [0.25, 0.3) is 0 Å². The van der Waals surface area contributed by atoms with Crippen LogP contribution in [0.1, 0.15) is 0 Å². The minimum Gasteiger partial charge on any atom is -0.781 e. The van der Waals surface area contributed by atoms with Crippen molar-refractivity contribution in [1.29, 1.82) is 0 Å². The van der Waals surface area contributed by atoms with E-state index in [9.17, 15) is 0 Å². The van der Waals surface area contributed by atoms with E-state index in [0.29, 0.717) is 13.1 Å². The Hall–Kier alpha value is -1.52. The average Bonchev–Trinajstić information content (AvgIpc) is 2.38. The average molecular weight is 272 g/mol. The van der Waals surface area contributed by atoms with E-state index in [4.69, 9.17) is 25.3 Å². The van der Waals surface area contributed by atoms with Crippen molar-refractivity contribution in [3.05, 3.63) is 59.2 Å². The van der Waals surface area contributed by atoms with Crippen LogP contribution in [0.2, 0.25) is 0 Å². The number of rotatable bonds is 5. The summed E-state index contributed by atoms with van der Waals surface area (Å²) in [4.78, 5) is 1.56. The monoisotopic (exact) mass is 272 g/mol. The second kappa shape index (κ2) is 6.42. The standard InChI is InChI=1S/C14H14N2S2/c17-13-7-3-1-5-11(13)15-9-10-16-12-6-2-4-8-14(12)18/h1-8,17-18H,9-10H2/q-2/p-2. The van der Waals surface area contributed by atoms with Gasteiger partial charge in [-0.25, -0.2) is 0 Å². The molecule has 2 aromatic rings. The predicted molar refractivity (Wildman–Crippen MR) is 79.9 cm³/mol. The molecule has 2 nitrogen and oxygen atoms in total. The van der Waals surface area contributed by atoms with Gasteiger partial charge in [0.05, 0.1) is 0 Å². The van der Waals surface area contributed by atoms with Crippen molar-refractivity contribution in [3.63, 3.8) is 0 Å². The molecule has 0 aliphatic heterocycles. The lowest BCUT2D eigenvalue weighted by Gasteiger charge is -2.34. The van der Waals surface area contributed by atoms with Crippen molar-refractivity contribution in [3.8, 4) is 0 Å². The lowest BCUT2D eigenvalue weighted by molar-refractivity contribution is 1.15. The van der Waals surface area contributed by atoms with E-state index in [-0.39, 0.29) is 0 Å². The topological polar surface area (TPSA) is 28.2 Å². The number of nitrogens with zero attached hydrogens (tertiary/aromatic N) is 2. The summed E-state index contributed by atoms with van der Waals surface area (Å²) in [5, 5.41) is 8.84. The summed E-state index contributed by atoms with van der Waals surface area (Å²) in [7, 11) is 0. The Balaban J connectivity index is 1.80. The molecule has 0 amide bonds. The summed E-state index contributed by atoms with van der Waals surface area (Å²) in [5.74, 6) is 0. The molecule has 2 rings (SSSR count). The highest BCUT2D eigenvalue weighted by atomic mass is 32.1. The number of para-hydroxylation sites is 2. The summed E-state index contributed by atoms with van der Waals surface area (Å²) in [6.45, 7) is 1.24. The van der Waals surface area contributed by atoms with Crippen molar-refractivity contribution < 1.29 is 0 Å². The first-order valence-electron chi connectivity index (χ1n) is 5.64. The maximum atomic E-state index is 5.17. The van der Waals surface area contributed by atoms with Gasteiger partial charge >= 0.3 is 0 Å². The zero-order valence-electron chi connectivity index (χ0n) is 9.74. The van der Waals surface area contributed by atoms with Crippen LogP contribution < -0.4 is 0 Å². The van der Waals surface area contributed by atoms with Gasteiger partial charge < -0.3 is 35.9 Å². The Labute approximate surface area is 119 Å². The van der Waals surface area contributed by atoms with E-state index in [2.05, 4.69) is 10.6 Å². The molecule has 0 aliphatic rings. The van der Waals surface area contributed by atoms with Crippen LogP contribution in [0.5, 0.6) is 0 Å². The molecule has 0 spiro atoms. The van der Waals surface area contributed by atoms with Gasteiger partial charge in [-0.3, -0.25) is 0 Å². The van der Waals surface area contributed by atoms with Gasteiger partial charge in [-0.2, -0.15) is 21.2 Å². The maximum absolute atomic E-state index is 5.17. The predicted octanol–water partition coefficient (Wildman–Crippen LogP) is 4.21. The van der Waals surface area contributed by atoms with Gasteiger partial charge in [0, 0.05) is 0 Å². The van der Waals surface area contributed by atoms with Crippen molar-refractivity contribution in [2.45, 2.75) is 9.79 Å². The first kappa shape index (κ1) is 12.9. The SMILES string of the molecule is [S-]c1ccccc1[N-]CC[N-]c1ccccc1[S-].